The first-order chi connectivity index (χ1) is 11.0. The number of thiazole rings is 1. The van der Waals surface area contributed by atoms with Gasteiger partial charge < -0.3 is 19.2 Å². The highest BCUT2D eigenvalue weighted by atomic mass is 32.1. The Morgan fingerprint density at radius 3 is 2.91 bits per heavy atom. The van der Waals surface area contributed by atoms with Crippen LogP contribution in [0.4, 0.5) is 0 Å². The van der Waals surface area contributed by atoms with Gasteiger partial charge in [-0.1, -0.05) is 0 Å². The first kappa shape index (κ1) is 16.2. The Labute approximate surface area is 138 Å². The highest BCUT2D eigenvalue weighted by Gasteiger charge is 2.32. The molecule has 0 aromatic carbocycles. The van der Waals surface area contributed by atoms with E-state index in [-0.39, 0.29) is 24.7 Å². The van der Waals surface area contributed by atoms with Crippen LogP contribution in [-0.2, 0) is 4.74 Å². The smallest absolute Gasteiger partial charge is 0.266 e. The number of furan rings is 1. The molecule has 2 unspecified atom stereocenters. The SMILES string of the molecule is Cc1ccc(-c2nc(C)c(C(=O)N3CC(CO)OCC3C)s2)o1. The van der Waals surface area contributed by atoms with E-state index in [1.165, 1.54) is 11.3 Å². The minimum atomic E-state index is -0.324. The van der Waals surface area contributed by atoms with Crippen molar-refractivity contribution in [1.82, 2.24) is 9.88 Å². The monoisotopic (exact) mass is 336 g/mol. The van der Waals surface area contributed by atoms with Gasteiger partial charge in [0.05, 0.1) is 31.1 Å². The lowest BCUT2D eigenvalue weighted by molar-refractivity contribution is -0.0666. The average molecular weight is 336 g/mol. The number of aliphatic hydroxyl groups excluding tert-OH is 1. The van der Waals surface area contributed by atoms with Crippen molar-refractivity contribution in [2.45, 2.75) is 32.9 Å². The molecule has 3 heterocycles. The van der Waals surface area contributed by atoms with Crippen molar-refractivity contribution in [3.8, 4) is 10.8 Å². The van der Waals surface area contributed by atoms with Crippen molar-refractivity contribution in [3.05, 3.63) is 28.5 Å². The summed E-state index contributed by atoms with van der Waals surface area (Å²) < 4.78 is 11.1. The first-order valence-electron chi connectivity index (χ1n) is 7.57. The van der Waals surface area contributed by atoms with Crippen molar-refractivity contribution in [2.75, 3.05) is 19.8 Å². The van der Waals surface area contributed by atoms with Gasteiger partial charge in [-0.2, -0.15) is 0 Å². The lowest BCUT2D eigenvalue weighted by atomic mass is 10.2. The molecule has 1 aliphatic heterocycles. The van der Waals surface area contributed by atoms with Crippen LogP contribution in [-0.4, -0.2) is 52.8 Å². The largest absolute Gasteiger partial charge is 0.459 e. The summed E-state index contributed by atoms with van der Waals surface area (Å²) in [5.41, 5.74) is 0.697. The second-order valence-electron chi connectivity index (χ2n) is 5.79. The van der Waals surface area contributed by atoms with Crippen LogP contribution in [0.3, 0.4) is 0 Å². The summed E-state index contributed by atoms with van der Waals surface area (Å²) in [5, 5.41) is 9.98. The Balaban J connectivity index is 1.86. The summed E-state index contributed by atoms with van der Waals surface area (Å²) >= 11 is 1.34. The normalized spacial score (nSPS) is 21.7. The van der Waals surface area contributed by atoms with E-state index in [4.69, 9.17) is 9.15 Å². The van der Waals surface area contributed by atoms with E-state index in [1.807, 2.05) is 32.9 Å². The molecule has 0 aliphatic carbocycles. The summed E-state index contributed by atoms with van der Waals surface area (Å²) in [5.74, 6) is 1.43. The molecular formula is C16H20N2O4S. The van der Waals surface area contributed by atoms with Gasteiger partial charge in [0.25, 0.3) is 5.91 Å². The third-order valence-electron chi connectivity index (χ3n) is 3.91. The van der Waals surface area contributed by atoms with E-state index in [1.54, 1.807) is 4.90 Å². The molecule has 3 rings (SSSR count). The average Bonchev–Trinajstić information content (AvgIpc) is 3.13. The lowest BCUT2D eigenvalue weighted by Gasteiger charge is -2.37. The number of ether oxygens (including phenoxy) is 1. The molecule has 0 bridgehead atoms. The van der Waals surface area contributed by atoms with Gasteiger partial charge in [-0.15, -0.1) is 11.3 Å². The molecule has 124 valence electrons. The summed E-state index contributed by atoms with van der Waals surface area (Å²) in [7, 11) is 0. The van der Waals surface area contributed by atoms with Crippen LogP contribution in [0, 0.1) is 13.8 Å². The molecule has 6 nitrogen and oxygen atoms in total. The number of carbonyl (C=O) groups excluding carboxylic acids is 1. The predicted molar refractivity (Wildman–Crippen MR) is 86.6 cm³/mol. The first-order valence-corrected chi connectivity index (χ1v) is 8.39. The zero-order valence-electron chi connectivity index (χ0n) is 13.4. The number of nitrogens with zero attached hydrogens (tertiary/aromatic N) is 2. The number of amides is 1. The van der Waals surface area contributed by atoms with Gasteiger partial charge in [0.1, 0.15) is 10.6 Å². The van der Waals surface area contributed by atoms with E-state index in [2.05, 4.69) is 4.98 Å². The fraction of sp³-hybridized carbons (Fsp3) is 0.500. The number of carbonyl (C=O) groups is 1. The quantitative estimate of drug-likeness (QED) is 0.930. The summed E-state index contributed by atoms with van der Waals surface area (Å²) in [6, 6.07) is 3.71. The number of aromatic nitrogens is 1. The Bertz CT molecular complexity index is 709. The Morgan fingerprint density at radius 2 is 2.26 bits per heavy atom. The summed E-state index contributed by atoms with van der Waals surface area (Å²) in [6.45, 7) is 6.38. The van der Waals surface area contributed by atoms with Crippen LogP contribution in [0.5, 0.6) is 0 Å². The predicted octanol–water partition coefficient (Wildman–Crippen LogP) is 2.24. The highest BCUT2D eigenvalue weighted by Crippen LogP contribution is 2.30. The maximum absolute atomic E-state index is 12.9. The van der Waals surface area contributed by atoms with Gasteiger partial charge in [0, 0.05) is 6.54 Å². The molecule has 2 atom stereocenters. The van der Waals surface area contributed by atoms with Gasteiger partial charge in [-0.05, 0) is 32.9 Å². The van der Waals surface area contributed by atoms with Crippen molar-refractivity contribution in [2.24, 2.45) is 0 Å². The van der Waals surface area contributed by atoms with Crippen LogP contribution in [0.15, 0.2) is 16.5 Å². The van der Waals surface area contributed by atoms with Gasteiger partial charge in [0.15, 0.2) is 10.8 Å². The lowest BCUT2D eigenvalue weighted by Crippen LogP contribution is -2.52. The van der Waals surface area contributed by atoms with Crippen LogP contribution in [0.1, 0.15) is 28.0 Å². The molecule has 23 heavy (non-hydrogen) atoms. The van der Waals surface area contributed by atoms with Crippen LogP contribution in [0.2, 0.25) is 0 Å². The molecule has 1 amide bonds. The maximum atomic E-state index is 12.9. The topological polar surface area (TPSA) is 75.8 Å². The molecule has 1 N–H and O–H groups in total. The van der Waals surface area contributed by atoms with Crippen LogP contribution < -0.4 is 0 Å². The Hall–Kier alpha value is -1.70. The zero-order chi connectivity index (χ0) is 16.6. The van der Waals surface area contributed by atoms with Crippen molar-refractivity contribution < 1.29 is 19.1 Å². The van der Waals surface area contributed by atoms with E-state index in [0.29, 0.717) is 34.5 Å². The second kappa shape index (κ2) is 6.43. The van der Waals surface area contributed by atoms with Crippen molar-refractivity contribution in [1.29, 1.82) is 0 Å². The third-order valence-corrected chi connectivity index (χ3v) is 5.07. The zero-order valence-corrected chi connectivity index (χ0v) is 14.2. The summed E-state index contributed by atoms with van der Waals surface area (Å²) in [6.07, 6.45) is -0.324. The molecule has 7 heteroatoms. The number of aryl methyl sites for hydroxylation is 2. The number of hydrogen-bond acceptors (Lipinski definition) is 6. The van der Waals surface area contributed by atoms with Crippen molar-refractivity contribution >= 4 is 17.2 Å². The molecule has 2 aromatic rings. The molecule has 0 spiro atoms. The number of aliphatic hydroxyl groups is 1. The van der Waals surface area contributed by atoms with Gasteiger partial charge >= 0.3 is 0 Å². The maximum Gasteiger partial charge on any atom is 0.266 e. The standard InChI is InChI=1S/C16H20N2O4S/c1-9-8-21-12(7-19)6-18(9)16(20)14-11(3)17-15(23-14)13-5-4-10(2)22-13/h4-5,9,12,19H,6-8H2,1-3H3. The summed E-state index contributed by atoms with van der Waals surface area (Å²) in [4.78, 5) is 19.7. The molecule has 1 aliphatic rings. The minimum absolute atomic E-state index is 0.0268. The molecular weight excluding hydrogens is 316 g/mol. The number of morpholine rings is 1. The molecule has 0 radical (unpaired) electrons. The van der Waals surface area contributed by atoms with Gasteiger partial charge in [0.2, 0.25) is 0 Å². The number of rotatable bonds is 3. The number of hydrogen-bond donors (Lipinski definition) is 1. The van der Waals surface area contributed by atoms with E-state index < -0.39 is 0 Å². The third kappa shape index (κ3) is 3.17. The second-order valence-corrected chi connectivity index (χ2v) is 6.79. The Kier molecular flexibility index (Phi) is 4.52. The molecule has 1 fully saturated rings. The fourth-order valence-corrected chi connectivity index (χ4v) is 3.58. The Morgan fingerprint density at radius 1 is 1.48 bits per heavy atom. The molecule has 1 saturated heterocycles. The van der Waals surface area contributed by atoms with Crippen LogP contribution >= 0.6 is 11.3 Å². The fourth-order valence-electron chi connectivity index (χ4n) is 2.59. The molecule has 0 saturated carbocycles. The van der Waals surface area contributed by atoms with E-state index in [9.17, 15) is 9.90 Å². The van der Waals surface area contributed by atoms with Gasteiger partial charge in [-0.3, -0.25) is 4.79 Å². The highest BCUT2D eigenvalue weighted by molar-refractivity contribution is 7.17. The van der Waals surface area contributed by atoms with Crippen molar-refractivity contribution in [3.63, 3.8) is 0 Å². The van der Waals surface area contributed by atoms with Crippen LogP contribution in [0.25, 0.3) is 10.8 Å². The van der Waals surface area contributed by atoms with Gasteiger partial charge in [-0.25, -0.2) is 4.98 Å². The van der Waals surface area contributed by atoms with E-state index in [0.717, 1.165) is 5.76 Å². The van der Waals surface area contributed by atoms with E-state index >= 15 is 0 Å². The molecule has 2 aromatic heterocycles. The minimum Gasteiger partial charge on any atom is -0.459 e.